The van der Waals surface area contributed by atoms with Gasteiger partial charge in [-0.15, -0.1) is 0 Å². The molecule has 2 aliphatic rings. The zero-order valence-electron chi connectivity index (χ0n) is 21.2. The van der Waals surface area contributed by atoms with Gasteiger partial charge in [-0.1, -0.05) is 35.9 Å². The van der Waals surface area contributed by atoms with Crippen LogP contribution in [-0.2, 0) is 6.18 Å². The van der Waals surface area contributed by atoms with E-state index in [0.717, 1.165) is 19.2 Å². The maximum atomic E-state index is 13.3. The van der Waals surface area contributed by atoms with Gasteiger partial charge in [0.15, 0.2) is 0 Å². The molecule has 5 rings (SSSR count). The number of halogens is 4. The van der Waals surface area contributed by atoms with E-state index in [1.54, 1.807) is 23.1 Å². The highest BCUT2D eigenvalue weighted by Gasteiger charge is 2.37. The first-order valence-electron chi connectivity index (χ1n) is 12.6. The van der Waals surface area contributed by atoms with Gasteiger partial charge in [-0.3, -0.25) is 14.5 Å². The molecule has 2 amide bonds. The van der Waals surface area contributed by atoms with Gasteiger partial charge in [0.1, 0.15) is 5.75 Å². The molecule has 0 N–H and O–H groups in total. The van der Waals surface area contributed by atoms with Crippen molar-refractivity contribution in [2.45, 2.75) is 12.2 Å². The fourth-order valence-electron chi connectivity index (χ4n) is 5.06. The van der Waals surface area contributed by atoms with Crippen molar-refractivity contribution in [2.24, 2.45) is 0 Å². The standard InChI is InChI=1S/C29H27ClF3N3O3/c1-39-26-16-21(7-9-23(26)20-8-10-25(30)24(15-20)29(31,32)33)28(38)36-17-22(18-36)34-11-13-35(14-12-34)27(37)19-5-3-2-4-6-19/h2-10,15-16,22H,11-14,17-18H2,1H3. The van der Waals surface area contributed by atoms with Gasteiger partial charge in [-0.2, -0.15) is 13.2 Å². The molecular weight excluding hydrogens is 531 g/mol. The Morgan fingerprint density at radius 1 is 0.846 bits per heavy atom. The molecule has 0 atom stereocenters. The van der Waals surface area contributed by atoms with E-state index in [0.29, 0.717) is 48.6 Å². The van der Waals surface area contributed by atoms with Gasteiger partial charge in [0.25, 0.3) is 11.8 Å². The summed E-state index contributed by atoms with van der Waals surface area (Å²) in [4.78, 5) is 31.7. The van der Waals surface area contributed by atoms with E-state index < -0.39 is 11.7 Å². The highest BCUT2D eigenvalue weighted by Crippen LogP contribution is 2.39. The molecule has 3 aromatic carbocycles. The lowest BCUT2D eigenvalue weighted by molar-refractivity contribution is -0.137. The van der Waals surface area contributed by atoms with Crippen molar-refractivity contribution >= 4 is 23.4 Å². The fraction of sp³-hybridized carbons (Fsp3) is 0.310. The van der Waals surface area contributed by atoms with Crippen LogP contribution < -0.4 is 4.74 Å². The maximum absolute atomic E-state index is 13.3. The predicted octanol–water partition coefficient (Wildman–Crippen LogP) is 5.32. The molecule has 6 nitrogen and oxygen atoms in total. The number of piperazine rings is 1. The van der Waals surface area contributed by atoms with E-state index in [2.05, 4.69) is 4.90 Å². The van der Waals surface area contributed by atoms with Crippen molar-refractivity contribution in [3.8, 4) is 16.9 Å². The number of amides is 2. The summed E-state index contributed by atoms with van der Waals surface area (Å²) in [6.07, 6.45) is -4.59. The summed E-state index contributed by atoms with van der Waals surface area (Å²) < 4.78 is 45.4. The van der Waals surface area contributed by atoms with Crippen molar-refractivity contribution < 1.29 is 27.5 Å². The topological polar surface area (TPSA) is 53.1 Å². The van der Waals surface area contributed by atoms with Crippen LogP contribution in [0.25, 0.3) is 11.1 Å². The van der Waals surface area contributed by atoms with Gasteiger partial charge >= 0.3 is 6.18 Å². The first-order valence-corrected chi connectivity index (χ1v) is 13.0. The van der Waals surface area contributed by atoms with E-state index >= 15 is 0 Å². The van der Waals surface area contributed by atoms with Gasteiger partial charge in [-0.25, -0.2) is 0 Å². The molecule has 0 saturated carbocycles. The second-order valence-electron chi connectivity index (χ2n) is 9.67. The summed E-state index contributed by atoms with van der Waals surface area (Å²) in [5.41, 5.74) is 0.875. The molecule has 204 valence electrons. The average Bonchev–Trinajstić information content (AvgIpc) is 2.92. The van der Waals surface area contributed by atoms with Gasteiger partial charge in [0.2, 0.25) is 0 Å². The normalized spacial score (nSPS) is 16.6. The van der Waals surface area contributed by atoms with Crippen LogP contribution in [0.4, 0.5) is 13.2 Å². The molecule has 2 saturated heterocycles. The molecule has 39 heavy (non-hydrogen) atoms. The van der Waals surface area contributed by atoms with Crippen LogP contribution in [-0.4, -0.2) is 78.9 Å². The lowest BCUT2D eigenvalue weighted by atomic mass is 9.98. The van der Waals surface area contributed by atoms with Crippen LogP contribution in [0.2, 0.25) is 5.02 Å². The Hall–Kier alpha value is -3.56. The molecule has 0 aromatic heterocycles. The largest absolute Gasteiger partial charge is 0.496 e. The summed E-state index contributed by atoms with van der Waals surface area (Å²) >= 11 is 5.76. The second kappa shape index (κ2) is 10.9. The first-order chi connectivity index (χ1) is 18.7. The Bertz CT molecular complexity index is 1370. The van der Waals surface area contributed by atoms with E-state index in [1.807, 2.05) is 35.2 Å². The Labute approximate surface area is 229 Å². The molecule has 0 unspecified atom stereocenters. The number of carbonyl (C=O) groups is 2. The third-order valence-electron chi connectivity index (χ3n) is 7.32. The summed E-state index contributed by atoms with van der Waals surface area (Å²) in [5.74, 6) is 0.167. The van der Waals surface area contributed by atoms with Gasteiger partial charge in [-0.05, 0) is 48.0 Å². The average molecular weight is 558 g/mol. The third kappa shape index (κ3) is 5.60. The lowest BCUT2D eigenvalue weighted by Gasteiger charge is -2.48. The van der Waals surface area contributed by atoms with Gasteiger partial charge in [0, 0.05) is 62.0 Å². The third-order valence-corrected chi connectivity index (χ3v) is 7.65. The van der Waals surface area contributed by atoms with Crippen molar-refractivity contribution in [1.29, 1.82) is 0 Å². The van der Waals surface area contributed by atoms with Crippen LogP contribution in [0.5, 0.6) is 5.75 Å². The quantitative estimate of drug-likeness (QED) is 0.426. The molecule has 0 aliphatic carbocycles. The van der Waals surface area contributed by atoms with Crippen molar-refractivity contribution in [3.63, 3.8) is 0 Å². The fourth-order valence-corrected chi connectivity index (χ4v) is 5.29. The Morgan fingerprint density at radius 3 is 2.15 bits per heavy atom. The number of carbonyl (C=O) groups excluding carboxylic acids is 2. The number of ether oxygens (including phenoxy) is 1. The number of benzene rings is 3. The minimum absolute atomic E-state index is 0.0336. The van der Waals surface area contributed by atoms with E-state index in [1.165, 1.54) is 19.2 Å². The first kappa shape index (κ1) is 27.0. The van der Waals surface area contributed by atoms with Crippen molar-refractivity contribution in [2.75, 3.05) is 46.4 Å². The molecule has 2 heterocycles. The van der Waals surface area contributed by atoms with Crippen LogP contribution in [0.15, 0.2) is 66.7 Å². The summed E-state index contributed by atoms with van der Waals surface area (Å²) in [5, 5.41) is -0.381. The minimum atomic E-state index is -4.59. The number of methoxy groups -OCH3 is 1. The second-order valence-corrected chi connectivity index (χ2v) is 10.1. The molecule has 10 heteroatoms. The predicted molar refractivity (Wildman–Crippen MR) is 142 cm³/mol. The zero-order valence-corrected chi connectivity index (χ0v) is 22.0. The maximum Gasteiger partial charge on any atom is 0.417 e. The highest BCUT2D eigenvalue weighted by molar-refractivity contribution is 6.31. The molecule has 2 fully saturated rings. The Morgan fingerprint density at radius 2 is 1.51 bits per heavy atom. The van der Waals surface area contributed by atoms with Crippen LogP contribution in [0, 0.1) is 0 Å². The number of rotatable bonds is 5. The monoisotopic (exact) mass is 557 g/mol. The van der Waals surface area contributed by atoms with Crippen LogP contribution in [0.3, 0.4) is 0 Å². The number of alkyl halides is 3. The van der Waals surface area contributed by atoms with Crippen molar-refractivity contribution in [1.82, 2.24) is 14.7 Å². The number of nitrogens with zero attached hydrogens (tertiary/aromatic N) is 3. The number of hydrogen-bond acceptors (Lipinski definition) is 4. The summed E-state index contributed by atoms with van der Waals surface area (Å²) in [6, 6.07) is 17.9. The van der Waals surface area contributed by atoms with Crippen LogP contribution >= 0.6 is 11.6 Å². The highest BCUT2D eigenvalue weighted by atomic mass is 35.5. The summed E-state index contributed by atoms with van der Waals surface area (Å²) in [7, 11) is 1.41. The molecule has 3 aromatic rings. The van der Waals surface area contributed by atoms with Crippen molar-refractivity contribution in [3.05, 3.63) is 88.4 Å². The molecule has 0 bridgehead atoms. The molecule has 2 aliphatic heterocycles. The smallest absolute Gasteiger partial charge is 0.417 e. The van der Waals surface area contributed by atoms with E-state index in [9.17, 15) is 22.8 Å². The SMILES string of the molecule is COc1cc(C(=O)N2CC(N3CCN(C(=O)c4ccccc4)CC3)C2)ccc1-c1ccc(Cl)c(C(F)(F)F)c1. The minimum Gasteiger partial charge on any atom is -0.496 e. The molecule has 0 spiro atoms. The molecular formula is C29H27ClF3N3O3. The zero-order chi connectivity index (χ0) is 27.7. The van der Waals surface area contributed by atoms with E-state index in [-0.39, 0.29) is 28.4 Å². The molecule has 0 radical (unpaired) electrons. The van der Waals surface area contributed by atoms with Gasteiger partial charge in [0.05, 0.1) is 17.7 Å². The Balaban J connectivity index is 1.20. The van der Waals surface area contributed by atoms with Crippen LogP contribution in [0.1, 0.15) is 26.3 Å². The van der Waals surface area contributed by atoms with Gasteiger partial charge < -0.3 is 14.5 Å². The number of likely N-dealkylation sites (tertiary alicyclic amines) is 1. The Kier molecular flexibility index (Phi) is 7.55. The van der Waals surface area contributed by atoms with E-state index in [4.69, 9.17) is 16.3 Å². The summed E-state index contributed by atoms with van der Waals surface area (Å²) in [6.45, 7) is 3.90. The lowest BCUT2D eigenvalue weighted by Crippen LogP contribution is -2.64. The number of hydrogen-bond donors (Lipinski definition) is 0.